The predicted molar refractivity (Wildman–Crippen MR) is 40.5 cm³/mol. The minimum Gasteiger partial charge on any atom is -0.324 e. The molecule has 0 saturated carbocycles. The normalized spacial score (nSPS) is 8.82. The third-order valence-electron chi connectivity index (χ3n) is 1.23. The summed E-state index contributed by atoms with van der Waals surface area (Å²) in [5.41, 5.74) is 2.73. The summed E-state index contributed by atoms with van der Waals surface area (Å²) in [5.74, 6) is 4.46. The van der Waals surface area contributed by atoms with E-state index in [2.05, 4.69) is 10.3 Å². The molecular weight excluding hydrogens is 145 g/mol. The van der Waals surface area contributed by atoms with Gasteiger partial charge in [0.05, 0.1) is 6.57 Å². The van der Waals surface area contributed by atoms with Crippen LogP contribution in [0.25, 0.3) is 4.85 Å². The van der Waals surface area contributed by atoms with E-state index in [9.17, 15) is 4.39 Å². The van der Waals surface area contributed by atoms with Gasteiger partial charge in [0.25, 0.3) is 0 Å². The highest BCUT2D eigenvalue weighted by atomic mass is 19.1. The van der Waals surface area contributed by atoms with Crippen LogP contribution in [-0.4, -0.2) is 0 Å². The lowest BCUT2D eigenvalue weighted by molar-refractivity contribution is 0.634. The van der Waals surface area contributed by atoms with E-state index in [1.165, 1.54) is 18.2 Å². The Hall–Kier alpha value is -1.60. The number of rotatable bonds is 1. The van der Waals surface area contributed by atoms with Gasteiger partial charge in [-0.05, 0) is 12.1 Å². The third-order valence-corrected chi connectivity index (χ3v) is 1.23. The fourth-order valence-corrected chi connectivity index (χ4v) is 0.687. The molecule has 56 valence electrons. The van der Waals surface area contributed by atoms with Crippen molar-refractivity contribution < 1.29 is 4.39 Å². The molecular formula is C7H6FN3. The van der Waals surface area contributed by atoms with E-state index in [-0.39, 0.29) is 5.69 Å². The van der Waals surface area contributed by atoms with Crippen molar-refractivity contribution in [2.45, 2.75) is 0 Å². The summed E-state index contributed by atoms with van der Waals surface area (Å²) in [6.07, 6.45) is 0. The molecule has 0 aliphatic heterocycles. The highest BCUT2D eigenvalue weighted by Crippen LogP contribution is 2.20. The lowest BCUT2D eigenvalue weighted by Gasteiger charge is -1.99. The van der Waals surface area contributed by atoms with Crippen molar-refractivity contribution >= 4 is 11.4 Å². The third kappa shape index (κ3) is 1.45. The Morgan fingerprint density at radius 3 is 2.73 bits per heavy atom. The Bertz CT molecular complexity index is 303. The second-order valence-corrected chi connectivity index (χ2v) is 1.92. The van der Waals surface area contributed by atoms with Gasteiger partial charge in [0.2, 0.25) is 5.69 Å². The van der Waals surface area contributed by atoms with Crippen LogP contribution in [0.2, 0.25) is 0 Å². The van der Waals surface area contributed by atoms with Crippen molar-refractivity contribution in [1.29, 1.82) is 0 Å². The summed E-state index contributed by atoms with van der Waals surface area (Å²) in [6.45, 7) is 6.55. The van der Waals surface area contributed by atoms with Gasteiger partial charge in [-0.2, -0.15) is 0 Å². The van der Waals surface area contributed by atoms with Crippen LogP contribution < -0.4 is 11.3 Å². The van der Waals surface area contributed by atoms with Gasteiger partial charge >= 0.3 is 0 Å². The molecule has 0 aliphatic carbocycles. The highest BCUT2D eigenvalue weighted by molar-refractivity contribution is 5.54. The second kappa shape index (κ2) is 2.99. The molecule has 0 atom stereocenters. The van der Waals surface area contributed by atoms with Gasteiger partial charge in [0.1, 0.15) is 5.82 Å². The predicted octanol–water partition coefficient (Wildman–Crippen LogP) is 1.66. The van der Waals surface area contributed by atoms with Crippen LogP contribution in [0.15, 0.2) is 18.2 Å². The van der Waals surface area contributed by atoms with Gasteiger partial charge < -0.3 is 5.43 Å². The van der Waals surface area contributed by atoms with Gasteiger partial charge in [-0.1, -0.05) is 6.07 Å². The van der Waals surface area contributed by atoms with Gasteiger partial charge in [-0.25, -0.2) is 9.24 Å². The fraction of sp³-hybridized carbons (Fsp3) is 0. The molecule has 3 N–H and O–H groups in total. The quantitative estimate of drug-likeness (QED) is 0.364. The molecule has 0 aliphatic rings. The lowest BCUT2D eigenvalue weighted by atomic mass is 10.3. The van der Waals surface area contributed by atoms with Crippen molar-refractivity contribution in [2.24, 2.45) is 5.84 Å². The highest BCUT2D eigenvalue weighted by Gasteiger charge is 2.00. The minimum absolute atomic E-state index is 0.00370. The van der Waals surface area contributed by atoms with E-state index < -0.39 is 5.82 Å². The number of benzene rings is 1. The summed E-state index contributed by atoms with van der Waals surface area (Å²) in [5, 5.41) is 0. The van der Waals surface area contributed by atoms with E-state index in [0.29, 0.717) is 5.69 Å². The van der Waals surface area contributed by atoms with E-state index >= 15 is 0 Å². The molecule has 1 rings (SSSR count). The van der Waals surface area contributed by atoms with Crippen LogP contribution in [-0.2, 0) is 0 Å². The molecule has 3 nitrogen and oxygen atoms in total. The Labute approximate surface area is 63.4 Å². The largest absolute Gasteiger partial charge is 0.324 e. The number of hydrogen-bond acceptors (Lipinski definition) is 2. The summed E-state index contributed by atoms with van der Waals surface area (Å²) >= 11 is 0. The van der Waals surface area contributed by atoms with Crippen molar-refractivity contribution in [3.8, 4) is 0 Å². The molecule has 1 aromatic rings. The first-order valence-corrected chi connectivity index (χ1v) is 2.91. The standard InChI is InChI=1S/C7H6FN3/c1-10-7-3-2-5(11-9)4-6(7)8/h2-4,11H,9H2. The fourth-order valence-electron chi connectivity index (χ4n) is 0.687. The van der Waals surface area contributed by atoms with Gasteiger partial charge in [-0.3, -0.25) is 5.84 Å². The number of halogens is 1. The maximum atomic E-state index is 12.7. The maximum Gasteiger partial charge on any atom is 0.222 e. The molecule has 0 bridgehead atoms. The van der Waals surface area contributed by atoms with Crippen LogP contribution in [0.3, 0.4) is 0 Å². The number of nitrogen functional groups attached to an aromatic ring is 1. The summed E-state index contributed by atoms with van der Waals surface area (Å²) in [6, 6.07) is 4.08. The van der Waals surface area contributed by atoms with Crippen molar-refractivity contribution in [3.05, 3.63) is 35.4 Å². The van der Waals surface area contributed by atoms with E-state index in [4.69, 9.17) is 12.4 Å². The van der Waals surface area contributed by atoms with Crippen molar-refractivity contribution in [1.82, 2.24) is 0 Å². The first-order chi connectivity index (χ1) is 5.27. The van der Waals surface area contributed by atoms with Gasteiger partial charge in [0, 0.05) is 5.69 Å². The number of nitrogens with zero attached hydrogens (tertiary/aromatic N) is 1. The number of nitrogens with two attached hydrogens (primary N) is 1. The summed E-state index contributed by atoms with van der Waals surface area (Å²) in [4.78, 5) is 2.95. The van der Waals surface area contributed by atoms with Crippen LogP contribution >= 0.6 is 0 Å². The van der Waals surface area contributed by atoms with Gasteiger partial charge in [-0.15, -0.1) is 0 Å². The SMILES string of the molecule is [C-]#[N+]c1ccc(NN)cc1F. The van der Waals surface area contributed by atoms with Crippen LogP contribution in [0, 0.1) is 12.4 Å². The van der Waals surface area contributed by atoms with Gasteiger partial charge in [0.15, 0.2) is 0 Å². The number of hydrazine groups is 1. The van der Waals surface area contributed by atoms with E-state index in [1.54, 1.807) is 0 Å². The maximum absolute atomic E-state index is 12.7. The van der Waals surface area contributed by atoms with Crippen molar-refractivity contribution in [2.75, 3.05) is 5.43 Å². The topological polar surface area (TPSA) is 42.4 Å². The minimum atomic E-state index is -0.560. The van der Waals surface area contributed by atoms with E-state index in [1.807, 2.05) is 0 Å². The Morgan fingerprint density at radius 2 is 2.27 bits per heavy atom. The molecule has 0 amide bonds. The zero-order valence-corrected chi connectivity index (χ0v) is 5.63. The zero-order chi connectivity index (χ0) is 8.27. The Morgan fingerprint density at radius 1 is 1.55 bits per heavy atom. The van der Waals surface area contributed by atoms with Crippen LogP contribution in [0.4, 0.5) is 15.8 Å². The number of nitrogens with one attached hydrogen (secondary N) is 1. The summed E-state index contributed by atoms with van der Waals surface area (Å²) < 4.78 is 12.7. The van der Waals surface area contributed by atoms with Crippen LogP contribution in [0.5, 0.6) is 0 Å². The monoisotopic (exact) mass is 151 g/mol. The Balaban J connectivity index is 3.12. The first kappa shape index (κ1) is 7.51. The summed E-state index contributed by atoms with van der Waals surface area (Å²) in [7, 11) is 0. The number of hydrogen-bond donors (Lipinski definition) is 2. The zero-order valence-electron chi connectivity index (χ0n) is 5.63. The van der Waals surface area contributed by atoms with Crippen molar-refractivity contribution in [3.63, 3.8) is 0 Å². The molecule has 0 saturated heterocycles. The average Bonchev–Trinajstić information content (AvgIpc) is 2.04. The molecule has 0 unspecified atom stereocenters. The molecule has 1 aromatic carbocycles. The smallest absolute Gasteiger partial charge is 0.222 e. The molecule has 0 heterocycles. The lowest BCUT2D eigenvalue weighted by Crippen LogP contribution is -2.06. The second-order valence-electron chi connectivity index (χ2n) is 1.92. The average molecular weight is 151 g/mol. The van der Waals surface area contributed by atoms with E-state index in [0.717, 1.165) is 0 Å². The van der Waals surface area contributed by atoms with Crippen LogP contribution in [0.1, 0.15) is 0 Å². The molecule has 0 aromatic heterocycles. The number of anilines is 1. The molecule has 11 heavy (non-hydrogen) atoms. The Kier molecular flexibility index (Phi) is 2.04. The first-order valence-electron chi connectivity index (χ1n) is 2.91. The molecule has 0 radical (unpaired) electrons. The molecule has 4 heteroatoms. The molecule has 0 spiro atoms. The molecule has 0 fully saturated rings.